The molecule has 7 nitrogen and oxygen atoms in total. The number of ether oxygens (including phenoxy) is 1. The molecule has 3 heterocycles. The van der Waals surface area contributed by atoms with Gasteiger partial charge in [-0.25, -0.2) is 9.37 Å². The number of benzene rings is 1. The minimum Gasteiger partial charge on any atom is -0.482 e. The molecule has 0 spiro atoms. The molecular formula is C17H14ClFN4O3. The van der Waals surface area contributed by atoms with Crippen molar-refractivity contribution in [2.75, 3.05) is 13.1 Å². The maximum absolute atomic E-state index is 13.0. The summed E-state index contributed by atoms with van der Waals surface area (Å²) < 4.78 is 25.6. The van der Waals surface area contributed by atoms with Gasteiger partial charge in [0.15, 0.2) is 12.3 Å². The third kappa shape index (κ3) is 3.28. The highest BCUT2D eigenvalue weighted by atomic mass is 35.5. The predicted molar refractivity (Wildman–Crippen MR) is 89.4 cm³/mol. The molecule has 1 aromatic carbocycles. The van der Waals surface area contributed by atoms with Gasteiger partial charge in [0.2, 0.25) is 5.89 Å². The maximum atomic E-state index is 13.0. The molecule has 0 bridgehead atoms. The third-order valence-electron chi connectivity index (χ3n) is 4.06. The summed E-state index contributed by atoms with van der Waals surface area (Å²) in [5.41, 5.74) is 0.215. The van der Waals surface area contributed by atoms with Gasteiger partial charge in [-0.2, -0.15) is 5.10 Å². The van der Waals surface area contributed by atoms with E-state index in [2.05, 4.69) is 10.1 Å². The molecule has 134 valence electrons. The van der Waals surface area contributed by atoms with Gasteiger partial charge in [0.1, 0.15) is 17.8 Å². The van der Waals surface area contributed by atoms with Crippen LogP contribution in [0, 0.1) is 5.82 Å². The Morgan fingerprint density at radius 2 is 2.27 bits per heavy atom. The second-order valence-corrected chi connectivity index (χ2v) is 6.25. The standard InChI is InChI=1S/C17H14ClFN4O3/c18-13-6-11(19)2-3-15(13)25-10-16-21-14(9-26-16)17(24)22-7-12(8-22)23-5-1-4-20-23/h1-6,9,12H,7-8,10H2. The number of rotatable bonds is 5. The van der Waals surface area contributed by atoms with Crippen LogP contribution in [0.25, 0.3) is 0 Å². The van der Waals surface area contributed by atoms with Gasteiger partial charge in [0.05, 0.1) is 11.1 Å². The van der Waals surface area contributed by atoms with Crippen LogP contribution in [0.3, 0.4) is 0 Å². The Bertz CT molecular complexity index is 922. The Balaban J connectivity index is 1.33. The van der Waals surface area contributed by atoms with E-state index < -0.39 is 5.82 Å². The maximum Gasteiger partial charge on any atom is 0.275 e. The van der Waals surface area contributed by atoms with Crippen LogP contribution in [0.4, 0.5) is 4.39 Å². The SMILES string of the molecule is O=C(c1coc(COc2ccc(F)cc2Cl)n1)N1CC(n2cccn2)C1. The zero-order valence-corrected chi connectivity index (χ0v) is 14.3. The van der Waals surface area contributed by atoms with E-state index in [-0.39, 0.29) is 35.2 Å². The molecule has 4 rings (SSSR count). The Labute approximate surface area is 152 Å². The summed E-state index contributed by atoms with van der Waals surface area (Å²) in [6.07, 6.45) is 4.88. The van der Waals surface area contributed by atoms with Crippen LogP contribution in [0.1, 0.15) is 22.4 Å². The van der Waals surface area contributed by atoms with Crippen molar-refractivity contribution in [3.8, 4) is 5.75 Å². The van der Waals surface area contributed by atoms with Crippen LogP contribution >= 0.6 is 11.6 Å². The molecule has 0 unspecified atom stereocenters. The average molecular weight is 377 g/mol. The Morgan fingerprint density at radius 1 is 1.42 bits per heavy atom. The molecule has 0 aliphatic carbocycles. The minimum absolute atomic E-state index is 0.0193. The summed E-state index contributed by atoms with van der Waals surface area (Å²) in [4.78, 5) is 18.2. The molecule has 0 radical (unpaired) electrons. The van der Waals surface area contributed by atoms with E-state index in [0.717, 1.165) is 6.07 Å². The first kappa shape index (κ1) is 16.6. The van der Waals surface area contributed by atoms with Crippen molar-refractivity contribution in [2.24, 2.45) is 0 Å². The van der Waals surface area contributed by atoms with Gasteiger partial charge in [-0.15, -0.1) is 0 Å². The molecule has 0 saturated carbocycles. The van der Waals surface area contributed by atoms with Crippen LogP contribution in [0.2, 0.25) is 5.02 Å². The molecule has 2 aromatic heterocycles. The fraction of sp³-hybridized carbons (Fsp3) is 0.235. The van der Waals surface area contributed by atoms with Crippen molar-refractivity contribution in [1.29, 1.82) is 0 Å². The third-order valence-corrected chi connectivity index (χ3v) is 4.36. The minimum atomic E-state index is -0.450. The molecular weight excluding hydrogens is 363 g/mol. The van der Waals surface area contributed by atoms with Gasteiger partial charge in [0, 0.05) is 25.5 Å². The van der Waals surface area contributed by atoms with Gasteiger partial charge >= 0.3 is 0 Å². The number of aromatic nitrogens is 3. The summed E-state index contributed by atoms with van der Waals surface area (Å²) >= 11 is 5.89. The first-order valence-corrected chi connectivity index (χ1v) is 8.28. The van der Waals surface area contributed by atoms with Gasteiger partial charge in [-0.1, -0.05) is 11.6 Å². The molecule has 1 fully saturated rings. The zero-order chi connectivity index (χ0) is 18.1. The number of hydrogen-bond acceptors (Lipinski definition) is 5. The summed E-state index contributed by atoms with van der Waals surface area (Å²) in [7, 11) is 0. The fourth-order valence-electron chi connectivity index (χ4n) is 2.65. The monoisotopic (exact) mass is 376 g/mol. The second-order valence-electron chi connectivity index (χ2n) is 5.84. The Hall–Kier alpha value is -2.87. The molecule has 0 N–H and O–H groups in total. The van der Waals surface area contributed by atoms with Crippen LogP contribution < -0.4 is 4.74 Å². The smallest absolute Gasteiger partial charge is 0.275 e. The molecule has 9 heteroatoms. The number of amides is 1. The highest BCUT2D eigenvalue weighted by Crippen LogP contribution is 2.26. The molecule has 1 aliphatic rings. The molecule has 26 heavy (non-hydrogen) atoms. The van der Waals surface area contributed by atoms with Crippen LogP contribution in [0.15, 0.2) is 47.3 Å². The van der Waals surface area contributed by atoms with E-state index in [0.29, 0.717) is 18.8 Å². The van der Waals surface area contributed by atoms with Gasteiger partial charge in [-0.05, 0) is 24.3 Å². The highest BCUT2D eigenvalue weighted by molar-refractivity contribution is 6.32. The summed E-state index contributed by atoms with van der Waals surface area (Å²) in [5, 5.41) is 4.32. The Kier molecular flexibility index (Phi) is 4.34. The normalized spacial score (nSPS) is 14.3. The number of carbonyl (C=O) groups excluding carboxylic acids is 1. The number of carbonyl (C=O) groups is 1. The second kappa shape index (κ2) is 6.80. The van der Waals surface area contributed by atoms with Gasteiger partial charge in [0.25, 0.3) is 5.91 Å². The topological polar surface area (TPSA) is 73.4 Å². The Morgan fingerprint density at radius 3 is 3.00 bits per heavy atom. The molecule has 3 aromatic rings. The highest BCUT2D eigenvalue weighted by Gasteiger charge is 2.34. The van der Waals surface area contributed by atoms with Crippen molar-refractivity contribution in [2.45, 2.75) is 12.6 Å². The van der Waals surface area contributed by atoms with Crippen molar-refractivity contribution in [1.82, 2.24) is 19.7 Å². The number of likely N-dealkylation sites (tertiary alicyclic amines) is 1. The van der Waals surface area contributed by atoms with Crippen LogP contribution in [-0.2, 0) is 6.61 Å². The van der Waals surface area contributed by atoms with Gasteiger partial charge in [-0.3, -0.25) is 9.48 Å². The lowest BCUT2D eigenvalue weighted by Gasteiger charge is -2.38. The van der Waals surface area contributed by atoms with E-state index >= 15 is 0 Å². The van der Waals surface area contributed by atoms with Gasteiger partial charge < -0.3 is 14.1 Å². The first-order chi connectivity index (χ1) is 12.6. The number of oxazole rings is 1. The number of nitrogens with zero attached hydrogens (tertiary/aromatic N) is 4. The summed E-state index contributed by atoms with van der Waals surface area (Å²) in [6.45, 7) is 1.13. The quantitative estimate of drug-likeness (QED) is 0.684. The van der Waals surface area contributed by atoms with E-state index in [1.165, 1.54) is 18.4 Å². The van der Waals surface area contributed by atoms with Crippen molar-refractivity contribution in [3.63, 3.8) is 0 Å². The van der Waals surface area contributed by atoms with Crippen molar-refractivity contribution >= 4 is 17.5 Å². The van der Waals surface area contributed by atoms with E-state index in [1.807, 2.05) is 16.9 Å². The van der Waals surface area contributed by atoms with Crippen molar-refractivity contribution < 1.29 is 18.3 Å². The predicted octanol–water partition coefficient (Wildman–Crippen LogP) is 2.94. The lowest BCUT2D eigenvalue weighted by Crippen LogP contribution is -2.50. The lowest BCUT2D eigenvalue weighted by atomic mass is 10.1. The molecule has 0 atom stereocenters. The molecule has 1 aliphatic heterocycles. The van der Waals surface area contributed by atoms with E-state index in [4.69, 9.17) is 20.8 Å². The largest absolute Gasteiger partial charge is 0.482 e. The average Bonchev–Trinajstić information content (AvgIpc) is 3.24. The van der Waals surface area contributed by atoms with E-state index in [9.17, 15) is 9.18 Å². The van der Waals surface area contributed by atoms with E-state index in [1.54, 1.807) is 11.1 Å². The zero-order valence-electron chi connectivity index (χ0n) is 13.5. The number of halogens is 2. The first-order valence-electron chi connectivity index (χ1n) is 7.91. The molecule has 1 saturated heterocycles. The lowest BCUT2D eigenvalue weighted by molar-refractivity contribution is 0.0495. The fourth-order valence-corrected chi connectivity index (χ4v) is 2.88. The van der Waals surface area contributed by atoms with Crippen LogP contribution in [0.5, 0.6) is 5.75 Å². The summed E-state index contributed by atoms with van der Waals surface area (Å²) in [6, 6.07) is 5.85. The van der Waals surface area contributed by atoms with Crippen LogP contribution in [-0.4, -0.2) is 38.7 Å². The summed E-state index contributed by atoms with van der Waals surface area (Å²) in [5.74, 6) is -0.112. The number of hydrogen-bond donors (Lipinski definition) is 0. The molecule has 1 amide bonds. The van der Waals surface area contributed by atoms with Crippen molar-refractivity contribution in [3.05, 3.63) is 65.3 Å².